The number of pyridine rings is 1. The third kappa shape index (κ3) is 1.65. The molecule has 1 N–H and O–H groups in total. The molecule has 2 nitrogen and oxygen atoms in total. The quantitative estimate of drug-likeness (QED) is 0.813. The Hall–Kier alpha value is -1.64. The van der Waals surface area contributed by atoms with Gasteiger partial charge in [0.05, 0.1) is 0 Å². The second-order valence-electron chi connectivity index (χ2n) is 3.48. The summed E-state index contributed by atoms with van der Waals surface area (Å²) in [5, 5.41) is 4.64. The lowest BCUT2D eigenvalue weighted by Crippen LogP contribution is -2.01. The van der Waals surface area contributed by atoms with Crippen LogP contribution in [0.5, 0.6) is 0 Å². The Labute approximate surface area is 88.1 Å². The van der Waals surface area contributed by atoms with Crippen molar-refractivity contribution in [2.45, 2.75) is 13.8 Å². The first-order chi connectivity index (χ1) is 7.24. The monoisotopic (exact) mass is 204 g/mol. The van der Waals surface area contributed by atoms with Gasteiger partial charge in [0.15, 0.2) is 0 Å². The van der Waals surface area contributed by atoms with E-state index in [9.17, 15) is 4.39 Å². The first-order valence-electron chi connectivity index (χ1n) is 5.01. The molecule has 0 unspecified atom stereocenters. The smallest absolute Gasteiger partial charge is 0.134 e. The molecule has 0 radical (unpaired) electrons. The number of rotatable bonds is 2. The van der Waals surface area contributed by atoms with Crippen molar-refractivity contribution in [1.82, 2.24) is 4.98 Å². The fraction of sp³-hybridized carbons (Fsp3) is 0.250. The van der Waals surface area contributed by atoms with Gasteiger partial charge >= 0.3 is 0 Å². The molecule has 0 spiro atoms. The molecule has 3 heteroatoms. The molecule has 0 amide bonds. The molecule has 0 aliphatic rings. The van der Waals surface area contributed by atoms with Crippen molar-refractivity contribution in [3.8, 4) is 0 Å². The summed E-state index contributed by atoms with van der Waals surface area (Å²) in [6, 6.07) is 4.98. The molecule has 0 aliphatic heterocycles. The Morgan fingerprint density at radius 1 is 1.33 bits per heavy atom. The minimum Gasteiger partial charge on any atom is -0.370 e. The van der Waals surface area contributed by atoms with Crippen LogP contribution < -0.4 is 5.32 Å². The zero-order valence-corrected chi connectivity index (χ0v) is 8.84. The molecule has 2 rings (SSSR count). The summed E-state index contributed by atoms with van der Waals surface area (Å²) in [5.41, 5.74) is 1.04. The minimum atomic E-state index is -0.197. The summed E-state index contributed by atoms with van der Waals surface area (Å²) in [7, 11) is 0. The summed E-state index contributed by atoms with van der Waals surface area (Å²) >= 11 is 0. The number of nitrogens with one attached hydrogen (secondary N) is 1. The third-order valence-corrected chi connectivity index (χ3v) is 2.43. The van der Waals surface area contributed by atoms with Gasteiger partial charge in [0.2, 0.25) is 0 Å². The Bertz CT molecular complexity index is 494. The largest absolute Gasteiger partial charge is 0.370 e. The predicted octanol–water partition coefficient (Wildman–Crippen LogP) is 3.11. The van der Waals surface area contributed by atoms with Gasteiger partial charge < -0.3 is 5.32 Å². The lowest BCUT2D eigenvalue weighted by molar-refractivity contribution is 0.639. The molecule has 1 aromatic heterocycles. The molecule has 0 fully saturated rings. The average molecular weight is 204 g/mol. The van der Waals surface area contributed by atoms with E-state index in [4.69, 9.17) is 0 Å². The average Bonchev–Trinajstić information content (AvgIpc) is 2.24. The highest BCUT2D eigenvalue weighted by Crippen LogP contribution is 2.26. The van der Waals surface area contributed by atoms with Gasteiger partial charge in [-0.25, -0.2) is 9.37 Å². The van der Waals surface area contributed by atoms with E-state index < -0.39 is 0 Å². The van der Waals surface area contributed by atoms with Crippen molar-refractivity contribution in [2.24, 2.45) is 0 Å². The molecule has 15 heavy (non-hydrogen) atoms. The van der Waals surface area contributed by atoms with Crippen LogP contribution >= 0.6 is 0 Å². The molecule has 2 aromatic rings. The zero-order chi connectivity index (χ0) is 10.8. The van der Waals surface area contributed by atoms with Gasteiger partial charge in [-0.2, -0.15) is 0 Å². The highest BCUT2D eigenvalue weighted by molar-refractivity contribution is 5.94. The van der Waals surface area contributed by atoms with Gasteiger partial charge in [0, 0.05) is 23.5 Å². The number of aromatic nitrogens is 1. The number of nitrogens with zero attached hydrogens (tertiary/aromatic N) is 1. The first-order valence-corrected chi connectivity index (χ1v) is 5.01. The van der Waals surface area contributed by atoms with Crippen LogP contribution in [0.2, 0.25) is 0 Å². The number of hydrogen-bond donors (Lipinski definition) is 1. The van der Waals surface area contributed by atoms with Crippen molar-refractivity contribution in [3.05, 3.63) is 35.8 Å². The van der Waals surface area contributed by atoms with Gasteiger partial charge in [-0.05, 0) is 31.5 Å². The summed E-state index contributed by atoms with van der Waals surface area (Å²) < 4.78 is 13.5. The summed E-state index contributed by atoms with van der Waals surface area (Å²) in [6.45, 7) is 4.74. The minimum absolute atomic E-state index is 0.197. The Morgan fingerprint density at radius 3 is 2.87 bits per heavy atom. The summed E-state index contributed by atoms with van der Waals surface area (Å²) in [6.07, 6.45) is 1.63. The van der Waals surface area contributed by atoms with Crippen LogP contribution in [-0.4, -0.2) is 11.5 Å². The maximum absolute atomic E-state index is 13.5. The number of aryl methyl sites for hydroxylation is 1. The van der Waals surface area contributed by atoms with E-state index in [0.29, 0.717) is 5.39 Å². The van der Waals surface area contributed by atoms with Gasteiger partial charge in [-0.1, -0.05) is 6.07 Å². The van der Waals surface area contributed by atoms with E-state index in [1.54, 1.807) is 18.3 Å². The van der Waals surface area contributed by atoms with Crippen LogP contribution in [0.25, 0.3) is 10.8 Å². The SMILES string of the molecule is CCNc1nccc2c(F)ccc(C)c12. The van der Waals surface area contributed by atoms with E-state index in [-0.39, 0.29) is 5.82 Å². The molecule has 0 aliphatic carbocycles. The molecule has 0 saturated carbocycles. The van der Waals surface area contributed by atoms with Crippen molar-refractivity contribution >= 4 is 16.6 Å². The third-order valence-electron chi connectivity index (χ3n) is 2.43. The standard InChI is InChI=1S/C12H13FN2/c1-3-14-12-11-8(2)4-5-10(13)9(11)6-7-15-12/h4-7H,3H2,1-2H3,(H,14,15). The maximum Gasteiger partial charge on any atom is 0.134 e. The molecule has 0 saturated heterocycles. The van der Waals surface area contributed by atoms with Gasteiger partial charge in [-0.3, -0.25) is 0 Å². The Kier molecular flexibility index (Phi) is 2.54. The van der Waals surface area contributed by atoms with Crippen LogP contribution in [0, 0.1) is 12.7 Å². The van der Waals surface area contributed by atoms with Crippen LogP contribution in [-0.2, 0) is 0 Å². The molecule has 78 valence electrons. The zero-order valence-electron chi connectivity index (χ0n) is 8.84. The van der Waals surface area contributed by atoms with Crippen LogP contribution in [0.15, 0.2) is 24.4 Å². The van der Waals surface area contributed by atoms with Crippen LogP contribution in [0.1, 0.15) is 12.5 Å². The van der Waals surface area contributed by atoms with Crippen LogP contribution in [0.3, 0.4) is 0 Å². The maximum atomic E-state index is 13.5. The first kappa shape index (κ1) is 9.90. The van der Waals surface area contributed by atoms with Crippen LogP contribution in [0.4, 0.5) is 10.2 Å². The van der Waals surface area contributed by atoms with Crippen molar-refractivity contribution in [1.29, 1.82) is 0 Å². The number of fused-ring (bicyclic) bond motifs is 1. The lowest BCUT2D eigenvalue weighted by Gasteiger charge is -2.09. The molecule has 1 aromatic carbocycles. The van der Waals surface area contributed by atoms with E-state index in [0.717, 1.165) is 23.3 Å². The van der Waals surface area contributed by atoms with E-state index in [1.807, 2.05) is 13.8 Å². The predicted molar refractivity (Wildman–Crippen MR) is 60.6 cm³/mol. The summed E-state index contributed by atoms with van der Waals surface area (Å²) in [5.74, 6) is 0.559. The normalized spacial score (nSPS) is 10.6. The summed E-state index contributed by atoms with van der Waals surface area (Å²) in [4.78, 5) is 4.22. The molecule has 1 heterocycles. The van der Waals surface area contributed by atoms with E-state index >= 15 is 0 Å². The number of hydrogen-bond acceptors (Lipinski definition) is 2. The van der Waals surface area contributed by atoms with Gasteiger partial charge in [-0.15, -0.1) is 0 Å². The molecular formula is C12H13FN2. The molecular weight excluding hydrogens is 191 g/mol. The Morgan fingerprint density at radius 2 is 2.13 bits per heavy atom. The van der Waals surface area contributed by atoms with E-state index in [2.05, 4.69) is 10.3 Å². The van der Waals surface area contributed by atoms with Crippen molar-refractivity contribution in [2.75, 3.05) is 11.9 Å². The topological polar surface area (TPSA) is 24.9 Å². The second-order valence-corrected chi connectivity index (χ2v) is 3.48. The second kappa shape index (κ2) is 3.85. The van der Waals surface area contributed by atoms with Gasteiger partial charge in [0.25, 0.3) is 0 Å². The number of halogens is 1. The fourth-order valence-electron chi connectivity index (χ4n) is 1.73. The van der Waals surface area contributed by atoms with Crippen molar-refractivity contribution < 1.29 is 4.39 Å². The van der Waals surface area contributed by atoms with Gasteiger partial charge in [0.1, 0.15) is 11.6 Å². The van der Waals surface area contributed by atoms with Crippen molar-refractivity contribution in [3.63, 3.8) is 0 Å². The molecule has 0 bridgehead atoms. The van der Waals surface area contributed by atoms with E-state index in [1.165, 1.54) is 6.07 Å². The lowest BCUT2D eigenvalue weighted by atomic mass is 10.1. The number of anilines is 1. The highest BCUT2D eigenvalue weighted by Gasteiger charge is 2.07. The number of benzene rings is 1. The highest BCUT2D eigenvalue weighted by atomic mass is 19.1. The fourth-order valence-corrected chi connectivity index (χ4v) is 1.73. The molecule has 0 atom stereocenters. The Balaban J connectivity index is 2.78.